The highest BCUT2D eigenvalue weighted by molar-refractivity contribution is 5.92. The second kappa shape index (κ2) is 10.5. The summed E-state index contributed by atoms with van der Waals surface area (Å²) in [6.45, 7) is -1.00. The van der Waals surface area contributed by atoms with Crippen molar-refractivity contribution in [3.63, 3.8) is 0 Å². The molecule has 0 bridgehead atoms. The van der Waals surface area contributed by atoms with E-state index in [4.69, 9.17) is 26.2 Å². The number of hydrogen-bond acceptors (Lipinski definition) is 8. The lowest BCUT2D eigenvalue weighted by Crippen LogP contribution is -2.56. The van der Waals surface area contributed by atoms with Crippen molar-refractivity contribution in [2.75, 3.05) is 19.8 Å². The maximum atomic E-state index is 11.7. The van der Waals surface area contributed by atoms with Gasteiger partial charge in [-0.2, -0.15) is 0 Å². The third-order valence-corrected chi connectivity index (χ3v) is 2.88. The average molecular weight is 350 g/mol. The van der Waals surface area contributed by atoms with Gasteiger partial charge < -0.3 is 42.1 Å². The summed E-state index contributed by atoms with van der Waals surface area (Å²) in [6, 6.07) is -4.31. The zero-order valence-corrected chi connectivity index (χ0v) is 12.9. The zero-order chi connectivity index (χ0) is 18.9. The number of nitrogens with one attached hydrogen (secondary N) is 3. The summed E-state index contributed by atoms with van der Waals surface area (Å²) in [4.78, 5) is 45.5. The van der Waals surface area contributed by atoms with E-state index in [0.29, 0.717) is 0 Å². The van der Waals surface area contributed by atoms with Crippen LogP contribution in [0.5, 0.6) is 0 Å². The molecule has 0 aromatic heterocycles. The molecule has 0 spiro atoms. The predicted octanol–water partition coefficient (Wildman–Crippen LogP) is -5.15. The van der Waals surface area contributed by atoms with Crippen LogP contribution in [0, 0.1) is 0 Å². The Hall–Kier alpha value is -2.28. The Morgan fingerprint density at radius 1 is 1.00 bits per heavy atom. The van der Waals surface area contributed by atoms with Gasteiger partial charge in [-0.1, -0.05) is 0 Å². The Bertz CT molecular complexity index is 470. The summed E-state index contributed by atoms with van der Waals surface area (Å²) >= 11 is 0. The lowest BCUT2D eigenvalue weighted by atomic mass is 10.2. The maximum absolute atomic E-state index is 11.7. The van der Waals surface area contributed by atoms with Crippen LogP contribution in [0.25, 0.3) is 0 Å². The quantitative estimate of drug-likeness (QED) is 0.189. The van der Waals surface area contributed by atoms with Gasteiger partial charge in [-0.15, -0.1) is 0 Å². The van der Waals surface area contributed by atoms with Crippen molar-refractivity contribution in [1.82, 2.24) is 16.0 Å². The molecule has 9 N–H and O–H groups in total. The van der Waals surface area contributed by atoms with E-state index in [1.165, 1.54) is 6.92 Å². The number of amides is 3. The summed E-state index contributed by atoms with van der Waals surface area (Å²) in [5.74, 6) is -4.17. The van der Waals surface area contributed by atoms with E-state index in [9.17, 15) is 19.2 Å². The first-order chi connectivity index (χ1) is 11.1. The molecule has 0 fully saturated rings. The minimum atomic E-state index is -1.59. The van der Waals surface area contributed by atoms with Crippen molar-refractivity contribution < 1.29 is 39.6 Å². The van der Waals surface area contributed by atoms with Crippen molar-refractivity contribution in [3.8, 4) is 0 Å². The van der Waals surface area contributed by atoms with Gasteiger partial charge in [-0.05, 0) is 6.92 Å². The Labute approximate surface area is 137 Å². The van der Waals surface area contributed by atoms with E-state index < -0.39 is 67.7 Å². The lowest BCUT2D eigenvalue weighted by Gasteiger charge is -2.19. The Morgan fingerprint density at radius 2 is 1.54 bits per heavy atom. The van der Waals surface area contributed by atoms with Crippen LogP contribution in [-0.2, 0) is 19.2 Å². The van der Waals surface area contributed by atoms with E-state index >= 15 is 0 Å². The second-order valence-electron chi connectivity index (χ2n) is 4.87. The average Bonchev–Trinajstić information content (AvgIpc) is 2.53. The first-order valence-corrected chi connectivity index (χ1v) is 6.89. The van der Waals surface area contributed by atoms with Crippen LogP contribution in [0.15, 0.2) is 0 Å². The fraction of sp³-hybridized carbons (Fsp3) is 0.667. The number of carboxylic acids is 1. The normalized spacial score (nSPS) is 15.5. The minimum absolute atomic E-state index is 0.578. The minimum Gasteiger partial charge on any atom is -0.480 e. The van der Waals surface area contributed by atoms with Gasteiger partial charge in [0.25, 0.3) is 0 Å². The van der Waals surface area contributed by atoms with E-state index in [0.717, 1.165) is 0 Å². The molecule has 0 heterocycles. The predicted molar refractivity (Wildman–Crippen MR) is 78.3 cm³/mol. The van der Waals surface area contributed by atoms with Gasteiger partial charge >= 0.3 is 5.97 Å². The molecule has 0 aromatic carbocycles. The number of aliphatic hydroxyl groups is 3. The molecule has 0 aromatic rings. The molecule has 0 aliphatic carbocycles. The fourth-order valence-corrected chi connectivity index (χ4v) is 1.40. The van der Waals surface area contributed by atoms with Gasteiger partial charge in [0.15, 0.2) is 0 Å². The number of rotatable bonds is 10. The number of carboxylic acid groups (broad SMARTS) is 1. The molecule has 0 saturated heterocycles. The smallest absolute Gasteiger partial charge is 0.328 e. The Balaban J connectivity index is 4.50. The van der Waals surface area contributed by atoms with Gasteiger partial charge in [0.1, 0.15) is 18.1 Å². The van der Waals surface area contributed by atoms with Crippen LogP contribution in [0.1, 0.15) is 6.92 Å². The molecule has 4 unspecified atom stereocenters. The molecule has 0 rings (SSSR count). The van der Waals surface area contributed by atoms with Crippen LogP contribution < -0.4 is 21.7 Å². The first-order valence-electron chi connectivity index (χ1n) is 6.89. The Morgan fingerprint density at radius 3 is 1.96 bits per heavy atom. The van der Waals surface area contributed by atoms with Crippen LogP contribution in [0.2, 0.25) is 0 Å². The van der Waals surface area contributed by atoms with Crippen LogP contribution >= 0.6 is 0 Å². The molecule has 138 valence electrons. The van der Waals surface area contributed by atoms with Crippen molar-refractivity contribution in [3.05, 3.63) is 0 Å². The van der Waals surface area contributed by atoms with Gasteiger partial charge in [0, 0.05) is 0 Å². The summed E-state index contributed by atoms with van der Waals surface area (Å²) < 4.78 is 0. The largest absolute Gasteiger partial charge is 0.480 e. The van der Waals surface area contributed by atoms with Crippen molar-refractivity contribution in [1.29, 1.82) is 0 Å². The van der Waals surface area contributed by atoms with Crippen molar-refractivity contribution in [2.24, 2.45) is 5.73 Å². The molecule has 0 radical (unpaired) electrons. The molecule has 24 heavy (non-hydrogen) atoms. The van der Waals surface area contributed by atoms with Gasteiger partial charge in [-0.25, -0.2) is 4.79 Å². The van der Waals surface area contributed by atoms with Gasteiger partial charge in [0.2, 0.25) is 17.7 Å². The van der Waals surface area contributed by atoms with Crippen LogP contribution in [0.3, 0.4) is 0 Å². The van der Waals surface area contributed by atoms with Crippen LogP contribution in [-0.4, -0.2) is 88.1 Å². The summed E-state index contributed by atoms with van der Waals surface area (Å²) in [5.41, 5.74) is 5.34. The third-order valence-electron chi connectivity index (χ3n) is 2.88. The SMILES string of the molecule is CC(O)C(N)C(=O)NCC(=O)NC(CO)C(=O)NC(CO)C(=O)O. The number of aliphatic hydroxyl groups excluding tert-OH is 3. The fourth-order valence-electron chi connectivity index (χ4n) is 1.40. The van der Waals surface area contributed by atoms with Crippen molar-refractivity contribution >= 4 is 23.7 Å². The summed E-state index contributed by atoms with van der Waals surface area (Å²) in [5, 5.41) is 41.8. The third kappa shape index (κ3) is 7.32. The molecular formula is C12H22N4O8. The van der Waals surface area contributed by atoms with Gasteiger partial charge in [-0.3, -0.25) is 14.4 Å². The molecule has 0 aliphatic rings. The highest BCUT2D eigenvalue weighted by atomic mass is 16.4. The highest BCUT2D eigenvalue weighted by Gasteiger charge is 2.26. The molecule has 12 heteroatoms. The topological polar surface area (TPSA) is 211 Å². The maximum Gasteiger partial charge on any atom is 0.328 e. The number of hydrogen-bond donors (Lipinski definition) is 8. The standard InChI is InChI=1S/C12H22N4O8/c1-5(19)9(13)11(22)14-2-8(20)15-6(3-17)10(21)16-7(4-18)12(23)24/h5-7,9,17-19H,2-4,13H2,1H3,(H,14,22)(H,15,20)(H,16,21)(H,23,24). The molecule has 12 nitrogen and oxygen atoms in total. The molecule has 0 saturated carbocycles. The van der Waals surface area contributed by atoms with E-state index in [2.05, 4.69) is 10.6 Å². The van der Waals surface area contributed by atoms with E-state index in [1.807, 2.05) is 5.32 Å². The highest BCUT2D eigenvalue weighted by Crippen LogP contribution is 1.90. The van der Waals surface area contributed by atoms with Gasteiger partial charge in [0.05, 0.1) is 25.9 Å². The number of carbonyl (C=O) groups excluding carboxylic acids is 3. The lowest BCUT2D eigenvalue weighted by molar-refractivity contribution is -0.143. The van der Waals surface area contributed by atoms with Crippen molar-refractivity contribution in [2.45, 2.75) is 31.2 Å². The first kappa shape index (κ1) is 21.7. The molecule has 4 atom stereocenters. The molecule has 0 aliphatic heterocycles. The van der Waals surface area contributed by atoms with Crippen LogP contribution in [0.4, 0.5) is 0 Å². The summed E-state index contributed by atoms with van der Waals surface area (Å²) in [6.07, 6.45) is -1.13. The Kier molecular flexibility index (Phi) is 9.49. The van der Waals surface area contributed by atoms with E-state index in [-0.39, 0.29) is 0 Å². The monoisotopic (exact) mass is 350 g/mol. The zero-order valence-electron chi connectivity index (χ0n) is 12.9. The molecular weight excluding hydrogens is 328 g/mol. The molecule has 3 amide bonds. The number of aliphatic carboxylic acids is 1. The summed E-state index contributed by atoms with van der Waals surface area (Å²) in [7, 11) is 0. The second-order valence-corrected chi connectivity index (χ2v) is 4.87. The van der Waals surface area contributed by atoms with E-state index in [1.54, 1.807) is 0 Å². The number of carbonyl (C=O) groups is 4. The number of nitrogens with two attached hydrogens (primary N) is 1.